The average Bonchev–Trinajstić information content (AvgIpc) is 2.10. The van der Waals surface area contributed by atoms with Crippen LogP contribution in [0, 0.1) is 11.3 Å². The molecule has 0 amide bonds. The van der Waals surface area contributed by atoms with E-state index in [9.17, 15) is 4.79 Å². The molecule has 0 bridgehead atoms. The van der Waals surface area contributed by atoms with Crippen molar-refractivity contribution in [3.63, 3.8) is 0 Å². The summed E-state index contributed by atoms with van der Waals surface area (Å²) in [7, 11) is 0. The molecular formula is C14H27NO2. The van der Waals surface area contributed by atoms with Gasteiger partial charge in [-0.3, -0.25) is 9.79 Å². The number of rotatable bonds is 6. The molecule has 0 aliphatic carbocycles. The van der Waals surface area contributed by atoms with Gasteiger partial charge in [-0.25, -0.2) is 0 Å². The summed E-state index contributed by atoms with van der Waals surface area (Å²) in [5.74, 6) is 0.364. The fraction of sp³-hybridized carbons (Fsp3) is 0.857. The summed E-state index contributed by atoms with van der Waals surface area (Å²) in [6, 6.07) is 0. The van der Waals surface area contributed by atoms with E-state index in [0.717, 1.165) is 6.42 Å². The Bertz CT molecular complexity index is 278. The van der Waals surface area contributed by atoms with Gasteiger partial charge >= 0.3 is 5.97 Å². The first-order chi connectivity index (χ1) is 7.57. The first kappa shape index (κ1) is 16.1. The van der Waals surface area contributed by atoms with Gasteiger partial charge in [0.25, 0.3) is 0 Å². The molecule has 0 aromatic rings. The zero-order chi connectivity index (χ0) is 13.7. The van der Waals surface area contributed by atoms with Gasteiger partial charge in [0.2, 0.25) is 0 Å². The molecule has 0 aromatic heterocycles. The number of carbonyl (C=O) groups is 1. The lowest BCUT2D eigenvalue weighted by Gasteiger charge is -2.27. The lowest BCUT2D eigenvalue weighted by atomic mass is 9.79. The molecule has 0 radical (unpaired) electrons. The van der Waals surface area contributed by atoms with E-state index in [1.54, 1.807) is 0 Å². The second kappa shape index (κ2) is 6.18. The maximum Gasteiger partial charge on any atom is 0.303 e. The summed E-state index contributed by atoms with van der Waals surface area (Å²) in [6.45, 7) is 14.6. The van der Waals surface area contributed by atoms with Crippen molar-refractivity contribution >= 4 is 12.2 Å². The molecule has 3 heteroatoms. The molecule has 0 aromatic carbocycles. The topological polar surface area (TPSA) is 38.7 Å². The van der Waals surface area contributed by atoms with Crippen molar-refractivity contribution in [2.45, 2.75) is 60.5 Å². The van der Waals surface area contributed by atoms with E-state index < -0.39 is 5.60 Å². The molecule has 3 nitrogen and oxygen atoms in total. The van der Waals surface area contributed by atoms with Crippen molar-refractivity contribution < 1.29 is 9.53 Å². The summed E-state index contributed by atoms with van der Waals surface area (Å²) in [5, 5.41) is 0. The highest BCUT2D eigenvalue weighted by Gasteiger charge is 2.22. The molecule has 0 saturated carbocycles. The van der Waals surface area contributed by atoms with E-state index in [2.05, 4.69) is 32.7 Å². The molecule has 0 saturated heterocycles. The Kier molecular flexibility index (Phi) is 5.86. The standard InChI is InChI=1S/C14H27NO2/c1-11(2)13(4,5)8-9-15-10-14(6,7)17-12(3)16/h9,11H,8,10H2,1-7H3. The van der Waals surface area contributed by atoms with Crippen molar-refractivity contribution in [1.82, 2.24) is 0 Å². The summed E-state index contributed by atoms with van der Waals surface area (Å²) in [5.41, 5.74) is -0.251. The molecule has 0 spiro atoms. The van der Waals surface area contributed by atoms with Gasteiger partial charge in [0, 0.05) is 6.92 Å². The summed E-state index contributed by atoms with van der Waals surface area (Å²) >= 11 is 0. The van der Waals surface area contributed by atoms with Gasteiger partial charge in [-0.15, -0.1) is 0 Å². The first-order valence-electron chi connectivity index (χ1n) is 6.25. The largest absolute Gasteiger partial charge is 0.458 e. The second-order valence-electron chi connectivity index (χ2n) is 6.22. The quantitative estimate of drug-likeness (QED) is 0.527. The van der Waals surface area contributed by atoms with E-state index in [1.807, 2.05) is 20.1 Å². The number of nitrogens with zero attached hydrogens (tertiary/aromatic N) is 1. The molecule has 0 unspecified atom stereocenters. The van der Waals surface area contributed by atoms with Crippen LogP contribution in [0.4, 0.5) is 0 Å². The van der Waals surface area contributed by atoms with E-state index >= 15 is 0 Å². The van der Waals surface area contributed by atoms with Crippen LogP contribution in [-0.4, -0.2) is 24.3 Å². The van der Waals surface area contributed by atoms with Gasteiger partial charge in [0.1, 0.15) is 5.60 Å². The predicted octanol–water partition coefficient (Wildman–Crippen LogP) is 3.47. The minimum atomic E-state index is -0.510. The van der Waals surface area contributed by atoms with E-state index in [0.29, 0.717) is 12.5 Å². The third kappa shape index (κ3) is 7.14. The highest BCUT2D eigenvalue weighted by atomic mass is 16.6. The van der Waals surface area contributed by atoms with Gasteiger partial charge in [0.15, 0.2) is 0 Å². The van der Waals surface area contributed by atoms with Crippen LogP contribution in [-0.2, 0) is 9.53 Å². The van der Waals surface area contributed by atoms with E-state index in [-0.39, 0.29) is 11.4 Å². The average molecular weight is 241 g/mol. The van der Waals surface area contributed by atoms with E-state index in [4.69, 9.17) is 4.74 Å². The van der Waals surface area contributed by atoms with Gasteiger partial charge < -0.3 is 4.74 Å². The van der Waals surface area contributed by atoms with Crippen LogP contribution < -0.4 is 0 Å². The summed E-state index contributed by atoms with van der Waals surface area (Å²) in [6.07, 6.45) is 2.89. The Morgan fingerprint density at radius 1 is 1.29 bits per heavy atom. The van der Waals surface area contributed by atoms with Gasteiger partial charge in [-0.1, -0.05) is 27.7 Å². The lowest BCUT2D eigenvalue weighted by molar-refractivity contribution is -0.152. The second-order valence-corrected chi connectivity index (χ2v) is 6.22. The number of aliphatic imine (C=N–C) groups is 1. The normalized spacial score (nSPS) is 13.4. The molecule has 100 valence electrons. The highest BCUT2D eigenvalue weighted by molar-refractivity contribution is 5.66. The Labute approximate surface area is 106 Å². The van der Waals surface area contributed by atoms with Crippen LogP contribution in [0.3, 0.4) is 0 Å². The SMILES string of the molecule is CC(=O)OC(C)(C)CN=CCC(C)(C)C(C)C. The summed E-state index contributed by atoms with van der Waals surface area (Å²) < 4.78 is 5.16. The third-order valence-electron chi connectivity index (χ3n) is 3.20. The Morgan fingerprint density at radius 2 is 1.82 bits per heavy atom. The van der Waals surface area contributed by atoms with Crippen LogP contribution in [0.1, 0.15) is 54.9 Å². The zero-order valence-corrected chi connectivity index (χ0v) is 12.3. The number of hydrogen-bond donors (Lipinski definition) is 0. The number of carbonyl (C=O) groups excluding carboxylic acids is 1. The highest BCUT2D eigenvalue weighted by Crippen LogP contribution is 2.28. The number of hydrogen-bond acceptors (Lipinski definition) is 3. The van der Waals surface area contributed by atoms with Crippen LogP contribution in [0.15, 0.2) is 4.99 Å². The van der Waals surface area contributed by atoms with Crippen molar-refractivity contribution in [2.24, 2.45) is 16.3 Å². The zero-order valence-electron chi connectivity index (χ0n) is 12.3. The van der Waals surface area contributed by atoms with Gasteiger partial charge in [-0.05, 0) is 37.8 Å². The molecule has 0 fully saturated rings. The minimum Gasteiger partial charge on any atom is -0.458 e. The maximum absolute atomic E-state index is 10.9. The van der Waals surface area contributed by atoms with Gasteiger partial charge in [-0.2, -0.15) is 0 Å². The molecular weight excluding hydrogens is 214 g/mol. The Hall–Kier alpha value is -0.860. The monoisotopic (exact) mass is 241 g/mol. The molecule has 0 rings (SSSR count). The fourth-order valence-electron chi connectivity index (χ4n) is 1.24. The summed E-state index contributed by atoms with van der Waals surface area (Å²) in [4.78, 5) is 15.2. The van der Waals surface area contributed by atoms with Crippen molar-refractivity contribution in [1.29, 1.82) is 0 Å². The smallest absolute Gasteiger partial charge is 0.303 e. The lowest BCUT2D eigenvalue weighted by Crippen LogP contribution is -2.30. The maximum atomic E-state index is 10.9. The van der Waals surface area contributed by atoms with Gasteiger partial charge in [0.05, 0.1) is 6.54 Å². The minimum absolute atomic E-state index is 0.257. The van der Waals surface area contributed by atoms with Crippen LogP contribution in [0.25, 0.3) is 0 Å². The van der Waals surface area contributed by atoms with Crippen molar-refractivity contribution in [2.75, 3.05) is 6.54 Å². The number of ether oxygens (including phenoxy) is 1. The molecule has 0 N–H and O–H groups in total. The molecule has 0 aliphatic heterocycles. The molecule has 0 heterocycles. The fourth-order valence-corrected chi connectivity index (χ4v) is 1.24. The van der Waals surface area contributed by atoms with Crippen LogP contribution in [0.2, 0.25) is 0 Å². The Morgan fingerprint density at radius 3 is 2.24 bits per heavy atom. The van der Waals surface area contributed by atoms with E-state index in [1.165, 1.54) is 6.92 Å². The van der Waals surface area contributed by atoms with Crippen molar-refractivity contribution in [3.05, 3.63) is 0 Å². The molecule has 0 atom stereocenters. The Balaban J connectivity index is 4.16. The van der Waals surface area contributed by atoms with Crippen molar-refractivity contribution in [3.8, 4) is 0 Å². The van der Waals surface area contributed by atoms with Crippen LogP contribution in [0.5, 0.6) is 0 Å². The third-order valence-corrected chi connectivity index (χ3v) is 3.20. The first-order valence-corrected chi connectivity index (χ1v) is 6.25. The predicted molar refractivity (Wildman–Crippen MR) is 72.4 cm³/mol. The molecule has 0 aliphatic rings. The number of esters is 1. The van der Waals surface area contributed by atoms with Crippen LogP contribution >= 0.6 is 0 Å². The molecule has 17 heavy (non-hydrogen) atoms.